The highest BCUT2D eigenvalue weighted by atomic mass is 127. The summed E-state index contributed by atoms with van der Waals surface area (Å²) in [5.41, 5.74) is 2.99. The Morgan fingerprint density at radius 2 is 1.62 bits per heavy atom. The number of halogens is 1. The van der Waals surface area contributed by atoms with Crippen molar-refractivity contribution in [2.24, 2.45) is 0 Å². The standard InChI is InChI=1S/C24H25IN2O4S/c1-5-26-22(28)18(23(29)27(6-2)24(26)32)11-17-12-19(25)21(20(13-17)30-4)31-14-16-9-7-15(3)8-10-16/h7-13H,5-6,14H2,1-4H3. The van der Waals surface area contributed by atoms with E-state index in [-0.39, 0.29) is 22.5 Å². The van der Waals surface area contributed by atoms with Gasteiger partial charge >= 0.3 is 0 Å². The van der Waals surface area contributed by atoms with Gasteiger partial charge in [0.05, 0.1) is 10.7 Å². The van der Waals surface area contributed by atoms with Crippen molar-refractivity contribution >= 4 is 57.8 Å². The topological polar surface area (TPSA) is 59.1 Å². The molecular formula is C24H25IN2O4S. The summed E-state index contributed by atoms with van der Waals surface area (Å²) in [6.45, 7) is 6.89. The number of rotatable bonds is 7. The summed E-state index contributed by atoms with van der Waals surface area (Å²) in [5, 5.41) is 0.245. The molecule has 1 aliphatic rings. The number of carbonyl (C=O) groups is 2. The summed E-state index contributed by atoms with van der Waals surface area (Å²) in [6, 6.07) is 11.8. The SMILES string of the molecule is CCN1C(=O)C(=Cc2cc(I)c(OCc3ccc(C)cc3)c(OC)c2)C(=O)N(CC)C1=S. The van der Waals surface area contributed by atoms with Crippen molar-refractivity contribution in [1.82, 2.24) is 9.80 Å². The summed E-state index contributed by atoms with van der Waals surface area (Å²) in [5.74, 6) is 0.368. The van der Waals surface area contributed by atoms with Crippen LogP contribution in [-0.2, 0) is 16.2 Å². The van der Waals surface area contributed by atoms with Gasteiger partial charge in [-0.1, -0.05) is 29.8 Å². The molecule has 6 nitrogen and oxygen atoms in total. The Morgan fingerprint density at radius 3 is 2.16 bits per heavy atom. The number of hydrogen-bond acceptors (Lipinski definition) is 5. The van der Waals surface area contributed by atoms with Crippen molar-refractivity contribution in [1.29, 1.82) is 0 Å². The number of likely N-dealkylation sites (N-methyl/N-ethyl adjacent to an activating group) is 2. The molecule has 0 radical (unpaired) electrons. The minimum atomic E-state index is -0.388. The third-order valence-electron chi connectivity index (χ3n) is 5.11. The Kier molecular flexibility index (Phi) is 7.89. The van der Waals surface area contributed by atoms with E-state index in [0.717, 1.165) is 9.13 Å². The van der Waals surface area contributed by atoms with Gasteiger partial charge < -0.3 is 9.47 Å². The first-order valence-corrected chi connectivity index (χ1v) is 11.7. The van der Waals surface area contributed by atoms with E-state index in [0.29, 0.717) is 36.8 Å². The molecule has 1 fully saturated rings. The first-order chi connectivity index (χ1) is 15.3. The van der Waals surface area contributed by atoms with E-state index in [9.17, 15) is 9.59 Å². The average Bonchev–Trinajstić information content (AvgIpc) is 2.77. The smallest absolute Gasteiger partial charge is 0.265 e. The molecule has 0 atom stereocenters. The van der Waals surface area contributed by atoms with Crippen LogP contribution in [0.4, 0.5) is 0 Å². The molecule has 168 valence electrons. The van der Waals surface area contributed by atoms with Crippen molar-refractivity contribution < 1.29 is 19.1 Å². The molecule has 0 aliphatic carbocycles. The first kappa shape index (κ1) is 24.2. The van der Waals surface area contributed by atoms with E-state index in [1.54, 1.807) is 19.3 Å². The van der Waals surface area contributed by atoms with Crippen molar-refractivity contribution in [3.8, 4) is 11.5 Å². The number of aryl methyl sites for hydroxylation is 1. The summed E-state index contributed by atoms with van der Waals surface area (Å²) < 4.78 is 12.4. The molecule has 0 unspecified atom stereocenters. The summed E-state index contributed by atoms with van der Waals surface area (Å²) >= 11 is 7.49. The lowest BCUT2D eigenvalue weighted by atomic mass is 10.1. The van der Waals surface area contributed by atoms with Gasteiger partial charge in [0.15, 0.2) is 16.6 Å². The number of thiocarbonyl (C=S) groups is 1. The third-order valence-corrected chi connectivity index (χ3v) is 6.35. The van der Waals surface area contributed by atoms with Gasteiger partial charge in [-0.25, -0.2) is 0 Å². The second kappa shape index (κ2) is 10.4. The van der Waals surface area contributed by atoms with E-state index in [4.69, 9.17) is 21.7 Å². The van der Waals surface area contributed by atoms with E-state index < -0.39 is 0 Å². The van der Waals surface area contributed by atoms with Crippen LogP contribution in [0.3, 0.4) is 0 Å². The highest BCUT2D eigenvalue weighted by Crippen LogP contribution is 2.35. The number of methoxy groups -OCH3 is 1. The zero-order valence-corrected chi connectivity index (χ0v) is 21.5. The molecule has 1 aliphatic heterocycles. The van der Waals surface area contributed by atoms with E-state index in [1.807, 2.05) is 51.1 Å². The van der Waals surface area contributed by atoms with Gasteiger partial charge in [-0.2, -0.15) is 0 Å². The minimum absolute atomic E-state index is 0.0773. The second-order valence-electron chi connectivity index (χ2n) is 7.25. The predicted octanol–water partition coefficient (Wildman–Crippen LogP) is 4.57. The molecule has 8 heteroatoms. The van der Waals surface area contributed by atoms with E-state index >= 15 is 0 Å². The molecule has 0 N–H and O–H groups in total. The summed E-state index contributed by atoms with van der Waals surface area (Å²) in [7, 11) is 1.56. The maximum atomic E-state index is 12.9. The Balaban J connectivity index is 1.92. The molecule has 3 rings (SSSR count). The fourth-order valence-electron chi connectivity index (χ4n) is 3.35. The molecule has 32 heavy (non-hydrogen) atoms. The molecule has 0 spiro atoms. The monoisotopic (exact) mass is 564 g/mol. The maximum Gasteiger partial charge on any atom is 0.265 e. The predicted molar refractivity (Wildman–Crippen MR) is 137 cm³/mol. The van der Waals surface area contributed by atoms with Crippen LogP contribution in [-0.4, -0.2) is 46.9 Å². The van der Waals surface area contributed by atoms with Crippen LogP contribution < -0.4 is 9.47 Å². The van der Waals surface area contributed by atoms with Gasteiger partial charge in [0, 0.05) is 13.1 Å². The van der Waals surface area contributed by atoms with Crippen LogP contribution in [0.25, 0.3) is 6.08 Å². The van der Waals surface area contributed by atoms with Crippen molar-refractivity contribution in [3.05, 3.63) is 62.2 Å². The summed E-state index contributed by atoms with van der Waals surface area (Å²) in [4.78, 5) is 28.7. The first-order valence-electron chi connectivity index (χ1n) is 10.3. The van der Waals surface area contributed by atoms with Gasteiger partial charge in [-0.05, 0) is 84.9 Å². The molecule has 2 aromatic carbocycles. The fourth-order valence-corrected chi connectivity index (χ4v) is 4.56. The van der Waals surface area contributed by atoms with E-state index in [2.05, 4.69) is 22.6 Å². The minimum Gasteiger partial charge on any atom is -0.493 e. The maximum absolute atomic E-state index is 12.9. The lowest BCUT2D eigenvalue weighted by Crippen LogP contribution is -2.55. The van der Waals surface area contributed by atoms with Crippen LogP contribution in [0, 0.1) is 10.5 Å². The molecular weight excluding hydrogens is 539 g/mol. The Morgan fingerprint density at radius 1 is 1.03 bits per heavy atom. The Hall–Kier alpha value is -2.46. The lowest BCUT2D eigenvalue weighted by Gasteiger charge is -2.35. The van der Waals surface area contributed by atoms with Crippen LogP contribution in [0.2, 0.25) is 0 Å². The lowest BCUT2D eigenvalue weighted by molar-refractivity contribution is -0.133. The van der Waals surface area contributed by atoms with Gasteiger partial charge in [0.25, 0.3) is 11.8 Å². The third kappa shape index (κ3) is 4.96. The summed E-state index contributed by atoms with van der Waals surface area (Å²) in [6.07, 6.45) is 1.59. The zero-order chi connectivity index (χ0) is 23.4. The molecule has 0 saturated carbocycles. The molecule has 1 heterocycles. The quantitative estimate of drug-likeness (QED) is 0.214. The van der Waals surface area contributed by atoms with Gasteiger partial charge in [-0.3, -0.25) is 19.4 Å². The largest absolute Gasteiger partial charge is 0.493 e. The van der Waals surface area contributed by atoms with Crippen molar-refractivity contribution in [3.63, 3.8) is 0 Å². The molecule has 2 amide bonds. The number of amides is 2. The van der Waals surface area contributed by atoms with Crippen LogP contribution in [0.5, 0.6) is 11.5 Å². The number of ether oxygens (including phenoxy) is 2. The molecule has 2 aromatic rings. The average molecular weight is 564 g/mol. The number of nitrogens with zero attached hydrogens (tertiary/aromatic N) is 2. The van der Waals surface area contributed by atoms with Crippen LogP contribution in [0.1, 0.15) is 30.5 Å². The van der Waals surface area contributed by atoms with Crippen molar-refractivity contribution in [2.75, 3.05) is 20.2 Å². The number of hydrogen-bond donors (Lipinski definition) is 0. The highest BCUT2D eigenvalue weighted by Gasteiger charge is 2.37. The van der Waals surface area contributed by atoms with Crippen molar-refractivity contribution in [2.45, 2.75) is 27.4 Å². The van der Waals surface area contributed by atoms with E-state index in [1.165, 1.54) is 15.4 Å². The molecule has 0 bridgehead atoms. The van der Waals surface area contributed by atoms with Gasteiger partial charge in [0.1, 0.15) is 12.2 Å². The molecule has 1 saturated heterocycles. The number of benzene rings is 2. The van der Waals surface area contributed by atoms with Crippen LogP contribution >= 0.6 is 34.8 Å². The highest BCUT2D eigenvalue weighted by molar-refractivity contribution is 14.1. The number of carbonyl (C=O) groups excluding carboxylic acids is 2. The van der Waals surface area contributed by atoms with Crippen LogP contribution in [0.15, 0.2) is 42.0 Å². The molecule has 0 aromatic heterocycles. The van der Waals surface area contributed by atoms with Gasteiger partial charge in [0.2, 0.25) is 0 Å². The Bertz CT molecular complexity index is 1050. The van der Waals surface area contributed by atoms with Gasteiger partial charge in [-0.15, -0.1) is 0 Å². The second-order valence-corrected chi connectivity index (χ2v) is 8.78. The normalized spacial score (nSPS) is 14.2. The fraction of sp³-hybridized carbons (Fsp3) is 0.292. The Labute approximate surface area is 207 Å². The zero-order valence-electron chi connectivity index (χ0n) is 18.5.